The summed E-state index contributed by atoms with van der Waals surface area (Å²) in [5.41, 5.74) is -0.405. The minimum Gasteiger partial charge on any atom is -0.396 e. The van der Waals surface area contributed by atoms with Crippen molar-refractivity contribution in [2.45, 2.75) is 12.3 Å². The lowest BCUT2D eigenvalue weighted by Gasteiger charge is -2.22. The first-order chi connectivity index (χ1) is 8.58. The quantitative estimate of drug-likeness (QED) is 0.677. The topological polar surface area (TPSA) is 95.3 Å². The number of aromatic nitrogens is 2. The molecule has 0 aromatic carbocycles. The highest BCUT2D eigenvalue weighted by atomic mass is 32.2. The summed E-state index contributed by atoms with van der Waals surface area (Å²) < 4.78 is 1.44. The van der Waals surface area contributed by atoms with E-state index < -0.39 is 11.2 Å². The van der Waals surface area contributed by atoms with Crippen LogP contribution in [0.1, 0.15) is 10.9 Å². The number of nitrogens with one attached hydrogen (secondary N) is 1. The van der Waals surface area contributed by atoms with Gasteiger partial charge < -0.3 is 10.2 Å². The average Bonchev–Trinajstić information content (AvgIpc) is 2.76. The zero-order chi connectivity index (χ0) is 13.3. The van der Waals surface area contributed by atoms with E-state index in [9.17, 15) is 19.8 Å². The Morgan fingerprint density at radius 1 is 1.44 bits per heavy atom. The number of nitrogens with zero attached hydrogens (tertiary/aromatic N) is 1. The summed E-state index contributed by atoms with van der Waals surface area (Å²) in [7, 11) is 0. The number of aryl methyl sites for hydroxylation is 1. The number of hydrogen-bond acceptors (Lipinski definition) is 5. The SMILES string of the molecule is Cc1cn([C@H]2SC[C@@H](CO)[C@@H]2CO)c(=O)[nH]c1=O. The summed E-state index contributed by atoms with van der Waals surface area (Å²) in [6.07, 6.45) is 1.52. The predicted molar refractivity (Wildman–Crippen MR) is 68.7 cm³/mol. The first-order valence-electron chi connectivity index (χ1n) is 5.74. The van der Waals surface area contributed by atoms with Gasteiger partial charge in [0, 0.05) is 36.6 Å². The summed E-state index contributed by atoms with van der Waals surface area (Å²) in [6.45, 7) is 1.53. The van der Waals surface area contributed by atoms with Gasteiger partial charge >= 0.3 is 5.69 Å². The van der Waals surface area contributed by atoms with E-state index >= 15 is 0 Å². The summed E-state index contributed by atoms with van der Waals surface area (Å²) in [6, 6.07) is 0. The van der Waals surface area contributed by atoms with Crippen molar-refractivity contribution in [3.63, 3.8) is 0 Å². The predicted octanol–water partition coefficient (Wildman–Crippen LogP) is -0.693. The zero-order valence-electron chi connectivity index (χ0n) is 10.00. The highest BCUT2D eigenvalue weighted by Gasteiger charge is 2.37. The molecule has 1 aromatic rings. The minimum absolute atomic E-state index is 0.00812. The normalized spacial score (nSPS) is 27.6. The maximum absolute atomic E-state index is 11.8. The van der Waals surface area contributed by atoms with E-state index in [2.05, 4.69) is 4.98 Å². The van der Waals surface area contributed by atoms with Crippen LogP contribution in [0.5, 0.6) is 0 Å². The molecule has 0 unspecified atom stereocenters. The number of rotatable bonds is 3. The second-order valence-corrected chi connectivity index (χ2v) is 5.64. The van der Waals surface area contributed by atoms with Gasteiger partial charge in [0.05, 0.1) is 5.37 Å². The van der Waals surface area contributed by atoms with Gasteiger partial charge in [-0.05, 0) is 12.8 Å². The molecule has 2 rings (SSSR count). The summed E-state index contributed by atoms with van der Waals surface area (Å²) >= 11 is 1.51. The third kappa shape index (κ3) is 2.25. The van der Waals surface area contributed by atoms with E-state index in [0.29, 0.717) is 11.3 Å². The van der Waals surface area contributed by atoms with Crippen molar-refractivity contribution in [2.75, 3.05) is 19.0 Å². The van der Waals surface area contributed by atoms with Crippen molar-refractivity contribution in [3.05, 3.63) is 32.6 Å². The average molecular weight is 272 g/mol. The molecule has 1 aliphatic rings. The van der Waals surface area contributed by atoms with Gasteiger partial charge in [-0.15, -0.1) is 11.8 Å². The number of hydrogen-bond donors (Lipinski definition) is 3. The highest BCUT2D eigenvalue weighted by Crippen LogP contribution is 2.43. The smallest absolute Gasteiger partial charge is 0.329 e. The molecule has 1 aliphatic heterocycles. The van der Waals surface area contributed by atoms with Crippen LogP contribution in [0.4, 0.5) is 0 Å². The summed E-state index contributed by atoms with van der Waals surface area (Å²) in [4.78, 5) is 25.4. The standard InChI is InChI=1S/C11H16N2O4S/c1-6-2-13(11(17)12-9(6)16)10-8(4-15)7(3-14)5-18-10/h2,7-8,10,14-15H,3-5H2,1H3,(H,12,16,17)/t7-,8+,10+/m1/s1. The lowest BCUT2D eigenvalue weighted by molar-refractivity contribution is 0.126. The fraction of sp³-hybridized carbons (Fsp3) is 0.636. The number of aliphatic hydroxyl groups excluding tert-OH is 2. The Morgan fingerprint density at radius 3 is 2.78 bits per heavy atom. The highest BCUT2D eigenvalue weighted by molar-refractivity contribution is 7.99. The fourth-order valence-electron chi connectivity index (χ4n) is 2.19. The van der Waals surface area contributed by atoms with Gasteiger partial charge in [-0.1, -0.05) is 0 Å². The van der Waals surface area contributed by atoms with Gasteiger partial charge in [-0.3, -0.25) is 14.3 Å². The Morgan fingerprint density at radius 2 is 2.17 bits per heavy atom. The van der Waals surface area contributed by atoms with E-state index in [0.717, 1.165) is 0 Å². The molecule has 0 radical (unpaired) electrons. The first-order valence-corrected chi connectivity index (χ1v) is 6.78. The third-order valence-electron chi connectivity index (χ3n) is 3.32. The molecule has 1 fully saturated rings. The molecule has 100 valence electrons. The molecule has 0 spiro atoms. The second-order valence-electron chi connectivity index (χ2n) is 4.49. The molecule has 1 aromatic heterocycles. The monoisotopic (exact) mass is 272 g/mol. The van der Waals surface area contributed by atoms with E-state index in [-0.39, 0.29) is 30.4 Å². The third-order valence-corrected chi connectivity index (χ3v) is 4.86. The summed E-state index contributed by atoms with van der Waals surface area (Å²) in [5.74, 6) is 0.490. The molecule has 3 N–H and O–H groups in total. The second kappa shape index (κ2) is 5.29. The maximum Gasteiger partial charge on any atom is 0.329 e. The van der Waals surface area contributed by atoms with Crippen molar-refractivity contribution in [1.82, 2.24) is 9.55 Å². The van der Waals surface area contributed by atoms with Crippen LogP contribution in [0.2, 0.25) is 0 Å². The van der Waals surface area contributed by atoms with E-state index in [4.69, 9.17) is 0 Å². The van der Waals surface area contributed by atoms with Crippen LogP contribution in [0.25, 0.3) is 0 Å². The molecule has 18 heavy (non-hydrogen) atoms. The van der Waals surface area contributed by atoms with Crippen molar-refractivity contribution < 1.29 is 10.2 Å². The van der Waals surface area contributed by atoms with Crippen molar-refractivity contribution in [1.29, 1.82) is 0 Å². The van der Waals surface area contributed by atoms with Gasteiger partial charge in [0.25, 0.3) is 5.56 Å². The van der Waals surface area contributed by atoms with E-state index in [1.54, 1.807) is 6.92 Å². The van der Waals surface area contributed by atoms with Crippen molar-refractivity contribution >= 4 is 11.8 Å². The molecule has 2 heterocycles. The van der Waals surface area contributed by atoms with Gasteiger partial charge in [0.15, 0.2) is 0 Å². The van der Waals surface area contributed by atoms with Crippen LogP contribution in [-0.4, -0.2) is 38.7 Å². The first kappa shape index (κ1) is 13.4. The maximum atomic E-state index is 11.8. The van der Waals surface area contributed by atoms with Crippen LogP contribution < -0.4 is 11.2 Å². The molecule has 0 saturated carbocycles. The summed E-state index contributed by atoms with van der Waals surface area (Å²) in [5, 5.41) is 18.4. The Balaban J connectivity index is 2.40. The lowest BCUT2D eigenvalue weighted by Crippen LogP contribution is -2.35. The van der Waals surface area contributed by atoms with Gasteiger partial charge in [-0.2, -0.15) is 0 Å². The van der Waals surface area contributed by atoms with Crippen LogP contribution >= 0.6 is 11.8 Å². The van der Waals surface area contributed by atoms with Crippen LogP contribution in [-0.2, 0) is 0 Å². The molecule has 1 saturated heterocycles. The van der Waals surface area contributed by atoms with E-state index in [1.165, 1.54) is 22.5 Å². The fourth-order valence-corrected chi connectivity index (χ4v) is 3.86. The zero-order valence-corrected chi connectivity index (χ0v) is 10.8. The number of aliphatic hydroxyl groups is 2. The Kier molecular flexibility index (Phi) is 3.94. The lowest BCUT2D eigenvalue weighted by atomic mass is 9.95. The van der Waals surface area contributed by atoms with Gasteiger partial charge in [0.2, 0.25) is 0 Å². The van der Waals surface area contributed by atoms with Crippen LogP contribution in [0.15, 0.2) is 15.8 Å². The van der Waals surface area contributed by atoms with Crippen molar-refractivity contribution in [2.24, 2.45) is 11.8 Å². The molecule has 6 nitrogen and oxygen atoms in total. The van der Waals surface area contributed by atoms with Crippen LogP contribution in [0, 0.1) is 18.8 Å². The Labute approximate surface area is 108 Å². The Bertz CT molecular complexity index is 539. The Hall–Kier alpha value is -1.05. The largest absolute Gasteiger partial charge is 0.396 e. The van der Waals surface area contributed by atoms with Crippen molar-refractivity contribution in [3.8, 4) is 0 Å². The molecule has 0 bridgehead atoms. The van der Waals surface area contributed by atoms with Crippen LogP contribution in [0.3, 0.4) is 0 Å². The number of aromatic amines is 1. The molecular formula is C11H16N2O4S. The van der Waals surface area contributed by atoms with E-state index in [1.807, 2.05) is 0 Å². The minimum atomic E-state index is -0.472. The molecule has 0 amide bonds. The molecule has 7 heteroatoms. The molecular weight excluding hydrogens is 256 g/mol. The van der Waals surface area contributed by atoms with Gasteiger partial charge in [-0.25, -0.2) is 4.79 Å². The number of H-pyrrole nitrogens is 1. The number of thioether (sulfide) groups is 1. The van der Waals surface area contributed by atoms with Gasteiger partial charge in [0.1, 0.15) is 0 Å². The molecule has 0 aliphatic carbocycles. The molecule has 3 atom stereocenters.